The monoisotopic (exact) mass is 312 g/mol. The van der Waals surface area contributed by atoms with Crippen LogP contribution in [0.25, 0.3) is 0 Å². The van der Waals surface area contributed by atoms with Crippen molar-refractivity contribution in [3.8, 4) is 0 Å². The first-order valence-corrected chi connectivity index (χ1v) is 7.48. The van der Waals surface area contributed by atoms with Gasteiger partial charge in [0.1, 0.15) is 13.2 Å². The van der Waals surface area contributed by atoms with E-state index in [-0.39, 0.29) is 26.4 Å². The van der Waals surface area contributed by atoms with E-state index < -0.39 is 17.7 Å². The van der Waals surface area contributed by atoms with Gasteiger partial charge in [-0.15, -0.1) is 0 Å². The lowest BCUT2D eigenvalue weighted by Gasteiger charge is -2.36. The number of carbonyl (C=O) groups excluding carboxylic acids is 2. The zero-order valence-electron chi connectivity index (χ0n) is 12.9. The second kappa shape index (κ2) is 10.1. The van der Waals surface area contributed by atoms with Crippen molar-refractivity contribution in [1.29, 1.82) is 0 Å². The van der Waals surface area contributed by atoms with Crippen LogP contribution < -0.4 is 0 Å². The molecule has 0 radical (unpaired) electrons. The van der Waals surface area contributed by atoms with Crippen molar-refractivity contribution in [1.82, 2.24) is 0 Å². The Balaban J connectivity index is 2.34. The van der Waals surface area contributed by atoms with E-state index in [1.165, 1.54) is 0 Å². The predicted molar refractivity (Wildman–Crippen MR) is 80.0 cm³/mol. The van der Waals surface area contributed by atoms with Gasteiger partial charge in [-0.05, 0) is 12.8 Å². The Morgan fingerprint density at radius 2 is 1.27 bits per heavy atom. The molecular weight excluding hydrogens is 288 g/mol. The fourth-order valence-electron chi connectivity index (χ4n) is 2.28. The molecule has 0 heterocycles. The molecule has 0 aromatic heterocycles. The van der Waals surface area contributed by atoms with Crippen molar-refractivity contribution in [2.45, 2.75) is 37.9 Å². The molecule has 0 spiro atoms. The van der Waals surface area contributed by atoms with Crippen LogP contribution in [0.2, 0.25) is 0 Å². The van der Waals surface area contributed by atoms with Crippen molar-refractivity contribution >= 4 is 11.9 Å². The summed E-state index contributed by atoms with van der Waals surface area (Å²) in [6, 6.07) is 0. The number of rotatable bonds is 10. The Labute approximate surface area is 131 Å². The topological polar surface area (TPSA) is 71.1 Å². The fourth-order valence-corrected chi connectivity index (χ4v) is 2.28. The highest BCUT2D eigenvalue weighted by Gasteiger charge is 2.34. The lowest BCUT2D eigenvalue weighted by molar-refractivity contribution is -0.258. The molecule has 1 aliphatic rings. The molecule has 6 nitrogen and oxygen atoms in total. The Bertz CT molecular complexity index is 354. The molecule has 1 aliphatic carbocycles. The molecule has 0 saturated heterocycles. The molecule has 6 heteroatoms. The fraction of sp³-hybridized carbons (Fsp3) is 0.625. The van der Waals surface area contributed by atoms with Gasteiger partial charge in [0.25, 0.3) is 0 Å². The quantitative estimate of drug-likeness (QED) is 0.266. The van der Waals surface area contributed by atoms with Gasteiger partial charge in [-0.2, -0.15) is 0 Å². The van der Waals surface area contributed by atoms with E-state index in [2.05, 4.69) is 13.2 Å². The summed E-state index contributed by atoms with van der Waals surface area (Å²) < 4.78 is 21.4. The third kappa shape index (κ3) is 6.87. The van der Waals surface area contributed by atoms with Crippen LogP contribution in [0.1, 0.15) is 32.1 Å². The van der Waals surface area contributed by atoms with Crippen molar-refractivity contribution in [3.63, 3.8) is 0 Å². The zero-order chi connectivity index (χ0) is 16.3. The average Bonchev–Trinajstić information content (AvgIpc) is 2.56. The van der Waals surface area contributed by atoms with E-state index in [9.17, 15) is 9.59 Å². The summed E-state index contributed by atoms with van der Waals surface area (Å²) in [5, 5.41) is 0. The van der Waals surface area contributed by atoms with Crippen LogP contribution in [0.5, 0.6) is 0 Å². The van der Waals surface area contributed by atoms with E-state index in [4.69, 9.17) is 18.9 Å². The maximum Gasteiger partial charge on any atom is 0.330 e. The molecule has 0 aromatic carbocycles. The first-order chi connectivity index (χ1) is 10.6. The minimum atomic E-state index is -0.681. The van der Waals surface area contributed by atoms with Crippen LogP contribution in [-0.4, -0.2) is 44.2 Å². The number of ether oxygens (including phenoxy) is 4. The third-order valence-corrected chi connectivity index (χ3v) is 3.33. The van der Waals surface area contributed by atoms with Gasteiger partial charge in [0.2, 0.25) is 0 Å². The summed E-state index contributed by atoms with van der Waals surface area (Å²) in [6.07, 6.45) is 6.94. The molecule has 0 N–H and O–H groups in total. The van der Waals surface area contributed by atoms with Crippen LogP contribution >= 0.6 is 0 Å². The summed E-state index contributed by atoms with van der Waals surface area (Å²) in [7, 11) is 0. The summed E-state index contributed by atoms with van der Waals surface area (Å²) in [5.41, 5.74) is 0. The van der Waals surface area contributed by atoms with E-state index in [0.29, 0.717) is 0 Å². The third-order valence-electron chi connectivity index (χ3n) is 3.33. The molecule has 0 bridgehead atoms. The van der Waals surface area contributed by atoms with Crippen molar-refractivity contribution in [2.24, 2.45) is 0 Å². The molecule has 22 heavy (non-hydrogen) atoms. The molecule has 0 atom stereocenters. The summed E-state index contributed by atoms with van der Waals surface area (Å²) in [5.74, 6) is -1.63. The van der Waals surface area contributed by atoms with Gasteiger partial charge in [0.05, 0.1) is 13.2 Å². The Hall–Kier alpha value is -1.66. The molecule has 1 fully saturated rings. The van der Waals surface area contributed by atoms with E-state index in [1.807, 2.05) is 0 Å². The average molecular weight is 312 g/mol. The minimum absolute atomic E-state index is 0.154. The standard InChI is InChI=1S/C16H24O6/c1-3-14(17)19-10-12-21-16(8-6-5-7-9-16)22-13-11-20-15(18)4-2/h3-4H,1-2,5-13H2. The van der Waals surface area contributed by atoms with Crippen LogP contribution in [0.15, 0.2) is 25.3 Å². The van der Waals surface area contributed by atoms with Gasteiger partial charge in [0.15, 0.2) is 5.79 Å². The number of hydrogen-bond donors (Lipinski definition) is 0. The van der Waals surface area contributed by atoms with Gasteiger partial charge in [-0.3, -0.25) is 0 Å². The highest BCUT2D eigenvalue weighted by molar-refractivity contribution is 5.81. The molecule has 0 amide bonds. The number of carbonyl (C=O) groups is 2. The summed E-state index contributed by atoms with van der Waals surface area (Å²) in [6.45, 7) is 7.47. The van der Waals surface area contributed by atoms with Gasteiger partial charge >= 0.3 is 11.9 Å². The van der Waals surface area contributed by atoms with Crippen molar-refractivity contribution < 1.29 is 28.5 Å². The summed E-state index contributed by atoms with van der Waals surface area (Å²) in [4.78, 5) is 21.9. The van der Waals surface area contributed by atoms with Crippen molar-refractivity contribution in [2.75, 3.05) is 26.4 Å². The maximum absolute atomic E-state index is 11.0. The lowest BCUT2D eigenvalue weighted by atomic mass is 9.94. The molecule has 1 saturated carbocycles. The first-order valence-electron chi connectivity index (χ1n) is 7.48. The molecule has 124 valence electrons. The van der Waals surface area contributed by atoms with Crippen LogP contribution in [0.3, 0.4) is 0 Å². The molecule has 0 unspecified atom stereocenters. The molecule has 0 aliphatic heterocycles. The Morgan fingerprint density at radius 1 is 0.818 bits per heavy atom. The largest absolute Gasteiger partial charge is 0.460 e. The Kier molecular flexibility index (Phi) is 8.47. The molecule has 1 rings (SSSR count). The normalized spacial score (nSPS) is 16.5. The van der Waals surface area contributed by atoms with E-state index in [0.717, 1.165) is 44.3 Å². The van der Waals surface area contributed by atoms with Gasteiger partial charge in [0, 0.05) is 25.0 Å². The predicted octanol–water partition coefficient (Wildman–Crippen LogP) is 2.14. The van der Waals surface area contributed by atoms with Crippen molar-refractivity contribution in [3.05, 3.63) is 25.3 Å². The second-order valence-electron chi connectivity index (χ2n) is 4.91. The molecule has 0 aromatic rings. The van der Waals surface area contributed by atoms with E-state index in [1.54, 1.807) is 0 Å². The van der Waals surface area contributed by atoms with Crippen LogP contribution in [0, 0.1) is 0 Å². The smallest absolute Gasteiger partial charge is 0.330 e. The molecular formula is C16H24O6. The number of esters is 2. The van der Waals surface area contributed by atoms with Gasteiger partial charge in [-0.25, -0.2) is 9.59 Å². The first kappa shape index (κ1) is 18.4. The zero-order valence-corrected chi connectivity index (χ0v) is 12.9. The van der Waals surface area contributed by atoms with Gasteiger partial charge in [-0.1, -0.05) is 19.6 Å². The second-order valence-corrected chi connectivity index (χ2v) is 4.91. The minimum Gasteiger partial charge on any atom is -0.460 e. The maximum atomic E-state index is 11.0. The Morgan fingerprint density at radius 3 is 1.68 bits per heavy atom. The summed E-state index contributed by atoms with van der Waals surface area (Å²) >= 11 is 0. The van der Waals surface area contributed by atoms with Crippen LogP contribution in [-0.2, 0) is 28.5 Å². The lowest BCUT2D eigenvalue weighted by Crippen LogP contribution is -2.40. The number of hydrogen-bond acceptors (Lipinski definition) is 6. The van der Waals surface area contributed by atoms with Gasteiger partial charge < -0.3 is 18.9 Å². The SMILES string of the molecule is C=CC(=O)OCCOC1(OCCOC(=O)C=C)CCCCC1. The highest BCUT2D eigenvalue weighted by atomic mass is 16.7. The highest BCUT2D eigenvalue weighted by Crippen LogP contribution is 2.32. The van der Waals surface area contributed by atoms with Crippen LogP contribution in [0.4, 0.5) is 0 Å². The van der Waals surface area contributed by atoms with E-state index >= 15 is 0 Å².